The summed E-state index contributed by atoms with van der Waals surface area (Å²) in [5.41, 5.74) is 2.95. The van der Waals surface area contributed by atoms with E-state index >= 15 is 0 Å². The summed E-state index contributed by atoms with van der Waals surface area (Å²) in [6.07, 6.45) is 1.67. The van der Waals surface area contributed by atoms with Crippen molar-refractivity contribution in [2.24, 2.45) is 0 Å². The highest BCUT2D eigenvalue weighted by Crippen LogP contribution is 2.38. The van der Waals surface area contributed by atoms with Gasteiger partial charge in [-0.1, -0.05) is 37.6 Å². The van der Waals surface area contributed by atoms with Gasteiger partial charge >= 0.3 is 0 Å². The lowest BCUT2D eigenvalue weighted by atomic mass is 9.77. The van der Waals surface area contributed by atoms with E-state index in [0.717, 1.165) is 26.6 Å². The van der Waals surface area contributed by atoms with Crippen molar-refractivity contribution in [3.63, 3.8) is 0 Å². The molecule has 1 aromatic heterocycles. The van der Waals surface area contributed by atoms with Crippen LogP contribution in [0.4, 0.5) is 0 Å². The SMILES string of the molecule is CS(=O)c1cc(COc2ccc(C(C)(C)c3cc(Cl)c(OCCCl)c(C#N)c3)cc2)cs1. The number of nitrogens with zero attached hydrogens (tertiary/aromatic N) is 1. The number of hydrogen-bond acceptors (Lipinski definition) is 5. The third kappa shape index (κ3) is 5.65. The number of halogens is 2. The van der Waals surface area contributed by atoms with E-state index in [4.69, 9.17) is 32.7 Å². The molecule has 0 aliphatic rings. The first-order chi connectivity index (χ1) is 15.3. The topological polar surface area (TPSA) is 59.3 Å². The van der Waals surface area contributed by atoms with E-state index < -0.39 is 16.2 Å². The van der Waals surface area contributed by atoms with Gasteiger partial charge in [-0.2, -0.15) is 5.26 Å². The Morgan fingerprint density at radius 3 is 2.44 bits per heavy atom. The second-order valence-electron chi connectivity index (χ2n) is 7.65. The van der Waals surface area contributed by atoms with Gasteiger partial charge in [-0.15, -0.1) is 22.9 Å². The van der Waals surface area contributed by atoms with Gasteiger partial charge in [0.15, 0.2) is 5.75 Å². The van der Waals surface area contributed by atoms with Crippen LogP contribution in [0.5, 0.6) is 11.5 Å². The minimum atomic E-state index is -0.976. The summed E-state index contributed by atoms with van der Waals surface area (Å²) in [4.78, 5) is 0. The highest BCUT2D eigenvalue weighted by Gasteiger charge is 2.26. The molecule has 0 N–H and O–H groups in total. The molecule has 0 radical (unpaired) electrons. The fourth-order valence-electron chi connectivity index (χ4n) is 3.21. The number of rotatable bonds is 9. The first-order valence-corrected chi connectivity index (χ1v) is 13.2. The fourth-order valence-corrected chi connectivity index (χ4v) is 5.18. The van der Waals surface area contributed by atoms with Gasteiger partial charge in [0.1, 0.15) is 25.0 Å². The number of alkyl halides is 1. The summed E-state index contributed by atoms with van der Waals surface area (Å²) < 4.78 is 23.8. The molecule has 168 valence electrons. The maximum atomic E-state index is 11.6. The van der Waals surface area contributed by atoms with Crippen molar-refractivity contribution in [1.82, 2.24) is 0 Å². The van der Waals surface area contributed by atoms with E-state index in [2.05, 4.69) is 19.9 Å². The second-order valence-corrected chi connectivity index (χ2v) is 11.0. The van der Waals surface area contributed by atoms with Gasteiger partial charge < -0.3 is 9.47 Å². The lowest BCUT2D eigenvalue weighted by Crippen LogP contribution is -2.19. The molecule has 8 heteroatoms. The third-order valence-electron chi connectivity index (χ3n) is 5.10. The van der Waals surface area contributed by atoms with Crippen molar-refractivity contribution in [2.75, 3.05) is 18.7 Å². The fraction of sp³-hybridized carbons (Fsp3) is 0.292. The predicted molar refractivity (Wildman–Crippen MR) is 132 cm³/mol. The van der Waals surface area contributed by atoms with Crippen LogP contribution in [0.2, 0.25) is 5.02 Å². The molecule has 0 fully saturated rings. The van der Waals surface area contributed by atoms with Crippen molar-refractivity contribution < 1.29 is 13.7 Å². The van der Waals surface area contributed by atoms with Crippen molar-refractivity contribution >= 4 is 45.3 Å². The standard InChI is InChI=1S/C24H23Cl2NO3S2/c1-24(2,19-11-17(13-27)23(21(26)12-19)29-9-8-25)18-4-6-20(7-5-18)30-14-16-10-22(31-15-16)32(3)28/h4-7,10-12,15H,8-9,14H2,1-3H3. The maximum absolute atomic E-state index is 11.6. The van der Waals surface area contributed by atoms with Gasteiger partial charge in [-0.25, -0.2) is 0 Å². The molecule has 0 saturated carbocycles. The zero-order chi connectivity index (χ0) is 23.3. The number of hydrogen-bond donors (Lipinski definition) is 0. The molecule has 0 spiro atoms. The van der Waals surface area contributed by atoms with Crippen molar-refractivity contribution in [2.45, 2.75) is 30.1 Å². The van der Waals surface area contributed by atoms with E-state index in [1.807, 2.05) is 47.8 Å². The van der Waals surface area contributed by atoms with Crippen LogP contribution >= 0.6 is 34.5 Å². The highest BCUT2D eigenvalue weighted by atomic mass is 35.5. The lowest BCUT2D eigenvalue weighted by Gasteiger charge is -2.27. The second kappa shape index (κ2) is 10.7. The molecular formula is C24H23Cl2NO3S2. The summed E-state index contributed by atoms with van der Waals surface area (Å²) in [6.45, 7) is 4.85. The Labute approximate surface area is 205 Å². The van der Waals surface area contributed by atoms with Crippen LogP contribution in [0, 0.1) is 11.3 Å². The Morgan fingerprint density at radius 1 is 1.12 bits per heavy atom. The molecule has 0 bridgehead atoms. The van der Waals surface area contributed by atoms with Crippen LogP contribution < -0.4 is 9.47 Å². The van der Waals surface area contributed by atoms with E-state index in [0.29, 0.717) is 28.8 Å². The highest BCUT2D eigenvalue weighted by molar-refractivity contribution is 7.86. The lowest BCUT2D eigenvalue weighted by molar-refractivity contribution is 0.306. The molecule has 0 aliphatic heterocycles. The van der Waals surface area contributed by atoms with E-state index in [1.165, 1.54) is 11.3 Å². The Bertz CT molecular complexity index is 1150. The molecule has 32 heavy (non-hydrogen) atoms. The summed E-state index contributed by atoms with van der Waals surface area (Å²) in [5, 5.41) is 11.9. The van der Waals surface area contributed by atoms with E-state index in [1.54, 1.807) is 6.26 Å². The smallest absolute Gasteiger partial charge is 0.155 e. The molecule has 0 saturated heterocycles. The van der Waals surface area contributed by atoms with Gasteiger partial charge in [0.05, 0.1) is 31.5 Å². The number of ether oxygens (including phenoxy) is 2. The summed E-state index contributed by atoms with van der Waals surface area (Å²) in [6, 6.07) is 15.6. The van der Waals surface area contributed by atoms with Crippen LogP contribution in [0.25, 0.3) is 0 Å². The van der Waals surface area contributed by atoms with Gasteiger partial charge in [0.2, 0.25) is 0 Å². The van der Waals surface area contributed by atoms with Crippen molar-refractivity contribution in [1.29, 1.82) is 5.26 Å². The monoisotopic (exact) mass is 507 g/mol. The maximum Gasteiger partial charge on any atom is 0.155 e. The van der Waals surface area contributed by atoms with Crippen molar-refractivity contribution in [3.05, 3.63) is 75.1 Å². The van der Waals surface area contributed by atoms with Crippen LogP contribution in [0.3, 0.4) is 0 Å². The van der Waals surface area contributed by atoms with Gasteiger partial charge in [0.25, 0.3) is 0 Å². The Hall–Kier alpha value is -2.04. The molecule has 2 aromatic carbocycles. The Balaban J connectivity index is 1.77. The van der Waals surface area contributed by atoms with E-state index in [-0.39, 0.29) is 6.61 Å². The number of thiophene rings is 1. The quantitative estimate of drug-likeness (QED) is 0.308. The van der Waals surface area contributed by atoms with E-state index in [9.17, 15) is 9.47 Å². The van der Waals surface area contributed by atoms with Crippen LogP contribution in [-0.2, 0) is 22.8 Å². The molecule has 1 heterocycles. The van der Waals surface area contributed by atoms with Crippen LogP contribution in [-0.4, -0.2) is 23.0 Å². The molecule has 3 aromatic rings. The molecule has 0 aliphatic carbocycles. The first-order valence-electron chi connectivity index (χ1n) is 9.83. The predicted octanol–water partition coefficient (Wildman–Crippen LogP) is 6.53. The molecule has 1 unspecified atom stereocenters. The minimum Gasteiger partial charge on any atom is -0.489 e. The Morgan fingerprint density at radius 2 is 1.84 bits per heavy atom. The average Bonchev–Trinajstić information content (AvgIpc) is 3.26. The Kier molecular flexibility index (Phi) is 8.24. The van der Waals surface area contributed by atoms with Gasteiger partial charge in [0, 0.05) is 17.2 Å². The summed E-state index contributed by atoms with van der Waals surface area (Å²) in [7, 11) is -0.976. The van der Waals surface area contributed by atoms with Gasteiger partial charge in [-0.05, 0) is 46.8 Å². The molecule has 0 amide bonds. The number of benzene rings is 2. The zero-order valence-electron chi connectivity index (χ0n) is 18.0. The van der Waals surface area contributed by atoms with Crippen LogP contribution in [0.15, 0.2) is 52.1 Å². The molecule has 4 nitrogen and oxygen atoms in total. The molecular weight excluding hydrogens is 485 g/mol. The minimum absolute atomic E-state index is 0.281. The summed E-state index contributed by atoms with van der Waals surface area (Å²) in [5.74, 6) is 1.42. The molecule has 1 atom stereocenters. The third-order valence-corrected chi connectivity index (χ3v) is 7.99. The zero-order valence-corrected chi connectivity index (χ0v) is 21.1. The normalized spacial score (nSPS) is 12.2. The largest absolute Gasteiger partial charge is 0.489 e. The van der Waals surface area contributed by atoms with Crippen LogP contribution in [0.1, 0.15) is 36.1 Å². The first kappa shape index (κ1) is 24.6. The van der Waals surface area contributed by atoms with Crippen molar-refractivity contribution in [3.8, 4) is 17.6 Å². The number of nitriles is 1. The average molecular weight is 508 g/mol. The summed E-state index contributed by atoms with van der Waals surface area (Å²) >= 11 is 13.6. The van der Waals surface area contributed by atoms with Gasteiger partial charge in [-0.3, -0.25) is 4.21 Å². The molecule has 3 rings (SSSR count).